The quantitative estimate of drug-likeness (QED) is 0.514. The molecule has 66 valence electrons. The fourth-order valence-corrected chi connectivity index (χ4v) is 6.47. The van der Waals surface area contributed by atoms with E-state index in [4.69, 9.17) is 0 Å². The van der Waals surface area contributed by atoms with Crippen molar-refractivity contribution >= 4 is 0 Å². The lowest BCUT2D eigenvalue weighted by Gasteiger charge is -2.84. The highest BCUT2D eigenvalue weighted by Gasteiger charge is 2.89. The first-order chi connectivity index (χ1) is 5.64. The molecule has 0 aliphatic heterocycles. The minimum atomic E-state index is 0.787. The van der Waals surface area contributed by atoms with Crippen LogP contribution in [0.1, 0.15) is 33.6 Å². The van der Waals surface area contributed by atoms with Crippen molar-refractivity contribution in [3.8, 4) is 0 Å². The number of rotatable bonds is 0. The lowest BCUT2D eigenvalue weighted by atomic mass is 9.20. The van der Waals surface area contributed by atoms with E-state index in [1.54, 1.807) is 12.8 Å². The van der Waals surface area contributed by atoms with E-state index in [1.165, 1.54) is 11.8 Å². The van der Waals surface area contributed by atoms with Crippen molar-refractivity contribution in [1.29, 1.82) is 0 Å². The largest absolute Gasteiger partial charge is 0.0617 e. The van der Waals surface area contributed by atoms with Gasteiger partial charge in [-0.25, -0.2) is 0 Å². The summed E-state index contributed by atoms with van der Waals surface area (Å²) in [5, 5.41) is 0. The minimum absolute atomic E-state index is 0.787. The Kier molecular flexibility index (Phi) is 0.703. The zero-order chi connectivity index (χ0) is 8.30. The van der Waals surface area contributed by atoms with Gasteiger partial charge in [-0.3, -0.25) is 0 Å². The Morgan fingerprint density at radius 2 is 1.92 bits per heavy atom. The Hall–Kier alpha value is 0. The van der Waals surface area contributed by atoms with Crippen LogP contribution < -0.4 is 0 Å². The molecule has 0 heteroatoms. The highest BCUT2D eigenvalue weighted by Crippen LogP contribution is 2.94. The Balaban J connectivity index is 1.91. The standard InChI is InChI=1S/C12H18/c1-6-9-4-8-5-12(9)10(8)7(2)11(6,12)3/h6-10H,4-5H2,1-3H3. The van der Waals surface area contributed by atoms with E-state index < -0.39 is 0 Å². The van der Waals surface area contributed by atoms with Crippen LogP contribution in [0.3, 0.4) is 0 Å². The predicted molar refractivity (Wildman–Crippen MR) is 48.6 cm³/mol. The summed E-state index contributed by atoms with van der Waals surface area (Å²) in [6.07, 6.45) is 3.22. The lowest BCUT2D eigenvalue weighted by Crippen LogP contribution is -2.79. The highest BCUT2D eigenvalue weighted by atomic mass is 14.9. The maximum atomic E-state index is 2.58. The Morgan fingerprint density at radius 3 is 2.67 bits per heavy atom. The number of hydrogen-bond donors (Lipinski definition) is 0. The van der Waals surface area contributed by atoms with E-state index in [2.05, 4.69) is 20.8 Å². The molecule has 0 N–H and O–H groups in total. The second-order valence-electron chi connectivity index (χ2n) is 6.23. The molecule has 7 atom stereocenters. The third-order valence-electron chi connectivity index (χ3n) is 6.96. The van der Waals surface area contributed by atoms with E-state index in [9.17, 15) is 0 Å². The molecule has 0 radical (unpaired) electrons. The van der Waals surface area contributed by atoms with Gasteiger partial charge in [-0.15, -0.1) is 0 Å². The fraction of sp³-hybridized carbons (Fsp3) is 1.00. The Morgan fingerprint density at radius 1 is 1.17 bits per heavy atom. The Labute approximate surface area is 74.7 Å². The summed E-state index contributed by atoms with van der Waals surface area (Å²) in [4.78, 5) is 0. The molecule has 0 aromatic heterocycles. The van der Waals surface area contributed by atoms with Crippen LogP contribution in [0.4, 0.5) is 0 Å². The molecule has 12 heavy (non-hydrogen) atoms. The lowest BCUT2D eigenvalue weighted by molar-refractivity contribution is -0.368. The van der Waals surface area contributed by atoms with Gasteiger partial charge in [0.25, 0.3) is 0 Å². The van der Waals surface area contributed by atoms with Gasteiger partial charge in [0.1, 0.15) is 0 Å². The molecule has 0 aromatic rings. The predicted octanol–water partition coefficient (Wildman–Crippen LogP) is 2.93. The second kappa shape index (κ2) is 1.31. The Bertz CT molecular complexity index is 264. The van der Waals surface area contributed by atoms with E-state index in [0.29, 0.717) is 0 Å². The molecular formula is C12H18. The zero-order valence-electron chi connectivity index (χ0n) is 8.30. The topological polar surface area (TPSA) is 0 Å². The van der Waals surface area contributed by atoms with Crippen LogP contribution in [-0.4, -0.2) is 0 Å². The van der Waals surface area contributed by atoms with Gasteiger partial charge in [0.2, 0.25) is 0 Å². The van der Waals surface area contributed by atoms with Crippen LogP contribution in [-0.2, 0) is 0 Å². The van der Waals surface area contributed by atoms with Crippen molar-refractivity contribution in [1.82, 2.24) is 0 Å². The molecule has 0 amide bonds. The van der Waals surface area contributed by atoms with Crippen molar-refractivity contribution in [3.05, 3.63) is 0 Å². The van der Waals surface area contributed by atoms with Crippen molar-refractivity contribution in [2.45, 2.75) is 33.6 Å². The van der Waals surface area contributed by atoms with Gasteiger partial charge in [0, 0.05) is 0 Å². The highest BCUT2D eigenvalue weighted by molar-refractivity contribution is 5.36. The number of hydrogen-bond acceptors (Lipinski definition) is 0. The molecule has 0 aromatic carbocycles. The molecule has 0 nitrogen and oxygen atoms in total. The third-order valence-corrected chi connectivity index (χ3v) is 6.96. The van der Waals surface area contributed by atoms with E-state index in [0.717, 1.165) is 28.6 Å². The molecule has 5 aliphatic rings. The van der Waals surface area contributed by atoms with Crippen LogP contribution in [0.15, 0.2) is 0 Å². The summed E-state index contributed by atoms with van der Waals surface area (Å²) < 4.78 is 0. The molecule has 0 heterocycles. The maximum Gasteiger partial charge on any atom is -0.0171 e. The van der Waals surface area contributed by atoms with Gasteiger partial charge >= 0.3 is 0 Å². The van der Waals surface area contributed by atoms with Gasteiger partial charge in [0.15, 0.2) is 0 Å². The van der Waals surface area contributed by atoms with E-state index in [1.807, 2.05) is 0 Å². The molecular weight excluding hydrogens is 144 g/mol. The first-order valence-electron chi connectivity index (χ1n) is 5.64. The van der Waals surface area contributed by atoms with Crippen LogP contribution in [0.2, 0.25) is 0 Å². The normalized spacial score (nSPS) is 81.8. The van der Waals surface area contributed by atoms with Gasteiger partial charge < -0.3 is 0 Å². The van der Waals surface area contributed by atoms with Crippen LogP contribution in [0, 0.1) is 40.4 Å². The van der Waals surface area contributed by atoms with Crippen molar-refractivity contribution < 1.29 is 0 Å². The molecule has 7 unspecified atom stereocenters. The zero-order valence-corrected chi connectivity index (χ0v) is 8.30. The third kappa shape index (κ3) is 0.278. The van der Waals surface area contributed by atoms with Crippen molar-refractivity contribution in [2.24, 2.45) is 40.4 Å². The summed E-state index contributed by atoms with van der Waals surface area (Å²) in [6, 6.07) is 0. The first-order valence-corrected chi connectivity index (χ1v) is 5.64. The monoisotopic (exact) mass is 162 g/mol. The van der Waals surface area contributed by atoms with Gasteiger partial charge in [-0.05, 0) is 53.3 Å². The van der Waals surface area contributed by atoms with Crippen molar-refractivity contribution in [2.75, 3.05) is 0 Å². The summed E-state index contributed by atoms with van der Waals surface area (Å²) in [7, 11) is 0. The van der Waals surface area contributed by atoms with E-state index in [-0.39, 0.29) is 0 Å². The van der Waals surface area contributed by atoms with Crippen LogP contribution in [0.5, 0.6) is 0 Å². The summed E-state index contributed by atoms with van der Waals surface area (Å²) in [6.45, 7) is 7.62. The van der Waals surface area contributed by atoms with E-state index >= 15 is 0 Å². The van der Waals surface area contributed by atoms with Gasteiger partial charge in [0.05, 0.1) is 0 Å². The summed E-state index contributed by atoms with van der Waals surface area (Å²) >= 11 is 0. The average molecular weight is 162 g/mol. The molecule has 0 saturated heterocycles. The molecule has 1 spiro atoms. The second-order valence-corrected chi connectivity index (χ2v) is 6.23. The summed E-state index contributed by atoms with van der Waals surface area (Å²) in [5.41, 5.74) is 1.70. The smallest absolute Gasteiger partial charge is 0.0171 e. The molecule has 5 rings (SSSR count). The molecule has 5 fully saturated rings. The van der Waals surface area contributed by atoms with Gasteiger partial charge in [-0.2, -0.15) is 0 Å². The maximum absolute atomic E-state index is 2.58. The summed E-state index contributed by atoms with van der Waals surface area (Å²) in [5.74, 6) is 5.63. The SMILES string of the molecule is CC1C2CC3CC24C3C(C)C14C. The van der Waals surface area contributed by atoms with Gasteiger partial charge in [-0.1, -0.05) is 20.8 Å². The fourth-order valence-electron chi connectivity index (χ4n) is 6.47. The average Bonchev–Trinajstić information content (AvgIpc) is 2.49. The molecule has 2 bridgehead atoms. The first kappa shape index (κ1) is 6.45. The van der Waals surface area contributed by atoms with Crippen LogP contribution >= 0.6 is 0 Å². The van der Waals surface area contributed by atoms with Crippen molar-refractivity contribution in [3.63, 3.8) is 0 Å². The van der Waals surface area contributed by atoms with Crippen LogP contribution in [0.25, 0.3) is 0 Å². The minimum Gasteiger partial charge on any atom is -0.0617 e. The molecule has 5 saturated carbocycles. The molecule has 5 aliphatic carbocycles.